The lowest BCUT2D eigenvalue weighted by Gasteiger charge is -2.31. The summed E-state index contributed by atoms with van der Waals surface area (Å²) < 4.78 is 28.1. The summed E-state index contributed by atoms with van der Waals surface area (Å²) in [4.78, 5) is 12.7. The number of nitrogens with one attached hydrogen (secondary N) is 1. The fourth-order valence-corrected chi connectivity index (χ4v) is 7.16. The highest BCUT2D eigenvalue weighted by molar-refractivity contribution is 9.11. The molecule has 1 amide bonds. The zero-order valence-electron chi connectivity index (χ0n) is 14.7. The van der Waals surface area contributed by atoms with Crippen LogP contribution in [0.2, 0.25) is 5.02 Å². The Morgan fingerprint density at radius 1 is 1.33 bits per heavy atom. The molecule has 0 spiro atoms. The number of sulfonamides is 1. The SMILES string of the molecule is CC(NC(=O)C1CCCN(S(=O)(=O)c2ccc(Br)s2)C1)c1ccccc1Cl. The molecule has 2 aromatic rings. The van der Waals surface area contributed by atoms with Crippen LogP contribution in [0.5, 0.6) is 0 Å². The molecule has 5 nitrogen and oxygen atoms in total. The van der Waals surface area contributed by atoms with E-state index >= 15 is 0 Å². The average molecular weight is 492 g/mol. The van der Waals surface area contributed by atoms with Crippen molar-refractivity contribution in [3.63, 3.8) is 0 Å². The summed E-state index contributed by atoms with van der Waals surface area (Å²) in [6, 6.07) is 10.4. The predicted molar refractivity (Wildman–Crippen MR) is 112 cm³/mol. The lowest BCUT2D eigenvalue weighted by Crippen LogP contribution is -2.45. The summed E-state index contributed by atoms with van der Waals surface area (Å²) in [5, 5.41) is 3.57. The van der Waals surface area contributed by atoms with E-state index in [0.717, 1.165) is 9.35 Å². The molecule has 146 valence electrons. The first-order valence-electron chi connectivity index (χ1n) is 8.59. The van der Waals surface area contributed by atoms with E-state index in [1.54, 1.807) is 18.2 Å². The van der Waals surface area contributed by atoms with Gasteiger partial charge in [0.25, 0.3) is 10.0 Å². The van der Waals surface area contributed by atoms with Gasteiger partial charge in [0, 0.05) is 18.1 Å². The fraction of sp³-hybridized carbons (Fsp3) is 0.389. The van der Waals surface area contributed by atoms with Crippen LogP contribution in [0.15, 0.2) is 44.4 Å². The van der Waals surface area contributed by atoms with Gasteiger partial charge in [0.15, 0.2) is 0 Å². The van der Waals surface area contributed by atoms with Crippen LogP contribution in [0.25, 0.3) is 0 Å². The van der Waals surface area contributed by atoms with Crippen molar-refractivity contribution in [2.45, 2.75) is 30.0 Å². The van der Waals surface area contributed by atoms with E-state index in [9.17, 15) is 13.2 Å². The first-order chi connectivity index (χ1) is 12.8. The molecule has 1 fully saturated rings. The minimum atomic E-state index is -3.57. The van der Waals surface area contributed by atoms with Gasteiger partial charge in [-0.25, -0.2) is 8.42 Å². The van der Waals surface area contributed by atoms with Crippen molar-refractivity contribution in [1.82, 2.24) is 9.62 Å². The molecule has 1 N–H and O–H groups in total. The monoisotopic (exact) mass is 490 g/mol. The van der Waals surface area contributed by atoms with Crippen LogP contribution in [-0.4, -0.2) is 31.7 Å². The molecular weight excluding hydrogens is 472 g/mol. The van der Waals surface area contributed by atoms with Gasteiger partial charge in [0.05, 0.1) is 15.7 Å². The summed E-state index contributed by atoms with van der Waals surface area (Å²) in [7, 11) is -3.57. The second-order valence-corrected chi connectivity index (χ2v) is 11.5. The predicted octanol–water partition coefficient (Wildman–Crippen LogP) is 4.44. The Hall–Kier alpha value is -0.930. The van der Waals surface area contributed by atoms with E-state index in [4.69, 9.17) is 11.6 Å². The van der Waals surface area contributed by atoms with Crippen LogP contribution >= 0.6 is 38.9 Å². The lowest BCUT2D eigenvalue weighted by atomic mass is 9.98. The number of rotatable bonds is 5. The molecule has 0 radical (unpaired) electrons. The highest BCUT2D eigenvalue weighted by atomic mass is 79.9. The number of hydrogen-bond acceptors (Lipinski definition) is 4. The minimum Gasteiger partial charge on any atom is -0.349 e. The van der Waals surface area contributed by atoms with Gasteiger partial charge in [-0.05, 0) is 59.5 Å². The third-order valence-corrected chi connectivity index (χ3v) is 8.93. The van der Waals surface area contributed by atoms with E-state index in [0.29, 0.717) is 28.6 Å². The number of thiophene rings is 1. The van der Waals surface area contributed by atoms with Crippen molar-refractivity contribution in [3.05, 3.63) is 50.8 Å². The summed E-state index contributed by atoms with van der Waals surface area (Å²) in [6.45, 7) is 2.50. The second kappa shape index (κ2) is 8.61. The smallest absolute Gasteiger partial charge is 0.252 e. The molecule has 2 unspecified atom stereocenters. The van der Waals surface area contributed by atoms with Crippen molar-refractivity contribution in [2.24, 2.45) is 5.92 Å². The van der Waals surface area contributed by atoms with Gasteiger partial charge in [0.2, 0.25) is 5.91 Å². The van der Waals surface area contributed by atoms with Crippen LogP contribution in [0.3, 0.4) is 0 Å². The van der Waals surface area contributed by atoms with Gasteiger partial charge >= 0.3 is 0 Å². The number of hydrogen-bond donors (Lipinski definition) is 1. The molecule has 0 bridgehead atoms. The molecule has 1 aliphatic rings. The van der Waals surface area contributed by atoms with Crippen LogP contribution in [0, 0.1) is 5.92 Å². The highest BCUT2D eigenvalue weighted by Crippen LogP contribution is 2.31. The molecule has 0 saturated carbocycles. The summed E-state index contributed by atoms with van der Waals surface area (Å²) in [6.07, 6.45) is 1.32. The van der Waals surface area contributed by atoms with E-state index in [1.807, 2.05) is 25.1 Å². The van der Waals surface area contributed by atoms with Gasteiger partial charge in [0.1, 0.15) is 4.21 Å². The maximum atomic E-state index is 12.8. The molecule has 1 aromatic heterocycles. The number of carbonyl (C=O) groups is 1. The number of carbonyl (C=O) groups excluding carboxylic acids is 1. The Kier molecular flexibility index (Phi) is 6.63. The molecule has 3 rings (SSSR count). The van der Waals surface area contributed by atoms with Crippen molar-refractivity contribution >= 4 is 54.8 Å². The highest BCUT2D eigenvalue weighted by Gasteiger charge is 2.34. The Morgan fingerprint density at radius 2 is 2.07 bits per heavy atom. The zero-order chi connectivity index (χ0) is 19.6. The number of benzene rings is 1. The zero-order valence-corrected chi connectivity index (χ0v) is 18.7. The molecule has 0 aliphatic carbocycles. The molecular formula is C18H20BrClN2O3S2. The lowest BCUT2D eigenvalue weighted by molar-refractivity contribution is -0.126. The molecule has 9 heteroatoms. The first kappa shape index (κ1) is 20.8. The normalized spacial score (nSPS) is 19.6. The maximum Gasteiger partial charge on any atom is 0.252 e. The van der Waals surface area contributed by atoms with Crippen LogP contribution in [-0.2, 0) is 14.8 Å². The van der Waals surface area contributed by atoms with E-state index in [-0.39, 0.29) is 24.4 Å². The van der Waals surface area contributed by atoms with Gasteiger partial charge < -0.3 is 5.32 Å². The number of amides is 1. The van der Waals surface area contributed by atoms with Gasteiger partial charge in [-0.15, -0.1) is 11.3 Å². The Morgan fingerprint density at radius 3 is 2.74 bits per heavy atom. The number of piperidine rings is 1. The quantitative estimate of drug-likeness (QED) is 0.672. The Bertz CT molecular complexity index is 932. The molecule has 1 saturated heterocycles. The molecule has 27 heavy (non-hydrogen) atoms. The van der Waals surface area contributed by atoms with Crippen LogP contribution in [0.1, 0.15) is 31.4 Å². The van der Waals surface area contributed by atoms with Crippen molar-refractivity contribution in [2.75, 3.05) is 13.1 Å². The third-order valence-electron chi connectivity index (χ3n) is 4.63. The van der Waals surface area contributed by atoms with Gasteiger partial charge in [-0.2, -0.15) is 4.31 Å². The van der Waals surface area contributed by atoms with Crippen LogP contribution in [0.4, 0.5) is 0 Å². The van der Waals surface area contributed by atoms with Crippen molar-refractivity contribution in [1.29, 1.82) is 0 Å². The van der Waals surface area contributed by atoms with Crippen molar-refractivity contribution in [3.8, 4) is 0 Å². The van der Waals surface area contributed by atoms with Crippen LogP contribution < -0.4 is 5.32 Å². The number of halogens is 2. The average Bonchev–Trinajstić information content (AvgIpc) is 3.09. The van der Waals surface area contributed by atoms with Crippen molar-refractivity contribution < 1.29 is 13.2 Å². The maximum absolute atomic E-state index is 12.8. The fourth-order valence-electron chi connectivity index (χ4n) is 3.17. The molecule has 2 heterocycles. The topological polar surface area (TPSA) is 66.5 Å². The van der Waals surface area contributed by atoms with Gasteiger partial charge in [-0.3, -0.25) is 4.79 Å². The first-order valence-corrected chi connectivity index (χ1v) is 12.0. The van der Waals surface area contributed by atoms with E-state index < -0.39 is 10.0 Å². The summed E-state index contributed by atoms with van der Waals surface area (Å²) in [5.74, 6) is -0.517. The summed E-state index contributed by atoms with van der Waals surface area (Å²) in [5.41, 5.74) is 0.844. The largest absolute Gasteiger partial charge is 0.349 e. The van der Waals surface area contributed by atoms with Gasteiger partial charge in [-0.1, -0.05) is 29.8 Å². The molecule has 1 aromatic carbocycles. The summed E-state index contributed by atoms with van der Waals surface area (Å²) >= 11 is 10.7. The second-order valence-electron chi connectivity index (χ2n) is 6.51. The molecule has 2 atom stereocenters. The third kappa shape index (κ3) is 4.74. The minimum absolute atomic E-state index is 0.144. The Balaban J connectivity index is 1.69. The molecule has 1 aliphatic heterocycles. The van der Waals surface area contributed by atoms with E-state index in [2.05, 4.69) is 21.2 Å². The Labute approximate surface area is 176 Å². The van der Waals surface area contributed by atoms with E-state index in [1.165, 1.54) is 15.6 Å². The number of nitrogens with zero attached hydrogens (tertiary/aromatic N) is 1. The standard InChI is InChI=1S/C18H20BrClN2O3S2/c1-12(14-6-2-3-7-15(14)20)21-18(23)13-5-4-10-22(11-13)27(24,25)17-9-8-16(19)26-17/h2-3,6-9,12-13H,4-5,10-11H2,1H3,(H,21,23).